The normalized spacial score (nSPS) is 13.7. The van der Waals surface area contributed by atoms with Gasteiger partial charge in [-0.2, -0.15) is 0 Å². The summed E-state index contributed by atoms with van der Waals surface area (Å²) in [5, 5.41) is 0. The van der Waals surface area contributed by atoms with Crippen LogP contribution in [-0.4, -0.2) is 58.2 Å². The van der Waals surface area contributed by atoms with Crippen molar-refractivity contribution in [1.29, 1.82) is 0 Å². The third kappa shape index (κ3) is 24.8. The third-order valence-corrected chi connectivity index (χ3v) is 5.40. The van der Waals surface area contributed by atoms with Gasteiger partial charge in [0, 0.05) is 0 Å². The van der Waals surface area contributed by atoms with Gasteiger partial charge in [0.25, 0.3) is 0 Å². The zero-order valence-corrected chi connectivity index (χ0v) is 22.6. The van der Waals surface area contributed by atoms with Gasteiger partial charge in [0.2, 0.25) is 15.2 Å². The fraction of sp³-hybridized carbons (Fsp3) is 0.769. The van der Waals surface area contributed by atoms with Crippen molar-refractivity contribution in [1.82, 2.24) is 0 Å². The van der Waals surface area contributed by atoms with Crippen molar-refractivity contribution < 1.29 is 108 Å². The molecular weight excluding hydrogens is 503 g/mol. The monoisotopic (exact) mass is 530 g/mol. The molecule has 0 aromatic rings. The smallest absolute Gasteiger partial charge is 0.770 e. The molecule has 0 radical (unpaired) electrons. The van der Waals surface area contributed by atoms with Crippen molar-refractivity contribution in [2.75, 3.05) is 40.6 Å². The van der Waals surface area contributed by atoms with E-state index in [9.17, 15) is 37.9 Å². The van der Waals surface area contributed by atoms with Gasteiger partial charge < -0.3 is 42.1 Å². The molecule has 3 atom stereocenters. The molecule has 0 aliphatic carbocycles. The molecule has 0 aliphatic heterocycles. The molecule has 0 bridgehead atoms. The molecule has 33 heavy (non-hydrogen) atoms. The minimum Gasteiger partial charge on any atom is -0.770 e. The third-order valence-electron chi connectivity index (χ3n) is 2.09. The minimum atomic E-state index is -4.39. The molecule has 0 saturated carbocycles. The summed E-state index contributed by atoms with van der Waals surface area (Å²) in [7, 11) is -9.52. The van der Waals surface area contributed by atoms with Gasteiger partial charge in [0.05, 0.1) is 40.6 Å². The fourth-order valence-corrected chi connectivity index (χ4v) is 2.86. The van der Waals surface area contributed by atoms with E-state index in [-0.39, 0.29) is 64.1 Å². The molecule has 20 heteroatoms. The average molecular weight is 530 g/mol. The Balaban J connectivity index is -0.000000115. The predicted octanol–water partition coefficient (Wildman–Crippen LogP) is -3.72. The SMILES string of the molecule is CCOC(=O)O[PH](=O)OCC.CCOP(=O)([O-])C(=O)OC.CCOP(=O)([O-])C(=O)OC.[Li+].[Li+]. The zero-order valence-electron chi connectivity index (χ0n) is 19.8. The summed E-state index contributed by atoms with van der Waals surface area (Å²) in [5.74, 6) is 0. The van der Waals surface area contributed by atoms with E-state index in [1.807, 2.05) is 0 Å². The topological polar surface area (TPSA) is 213 Å². The van der Waals surface area contributed by atoms with Crippen LogP contribution in [0, 0.1) is 0 Å². The summed E-state index contributed by atoms with van der Waals surface area (Å²) in [6.45, 7) is 6.53. The van der Waals surface area contributed by atoms with Gasteiger partial charge in [-0.25, -0.2) is 18.9 Å². The van der Waals surface area contributed by atoms with Crippen LogP contribution in [0.1, 0.15) is 27.7 Å². The summed E-state index contributed by atoms with van der Waals surface area (Å²) < 4.78 is 60.6. The van der Waals surface area contributed by atoms with Crippen LogP contribution in [0.15, 0.2) is 0 Å². The van der Waals surface area contributed by atoms with Crippen molar-refractivity contribution in [2.24, 2.45) is 0 Å². The summed E-state index contributed by atoms with van der Waals surface area (Å²) in [6.07, 6.45) is -0.954. The van der Waals surface area contributed by atoms with Gasteiger partial charge in [0.1, 0.15) is 0 Å². The first kappa shape index (κ1) is 43.0. The molecule has 0 heterocycles. The molecule has 3 unspecified atom stereocenters. The van der Waals surface area contributed by atoms with E-state index >= 15 is 0 Å². The molecule has 0 fully saturated rings. The van der Waals surface area contributed by atoms with Gasteiger partial charge in [-0.05, 0) is 27.7 Å². The second kappa shape index (κ2) is 25.0. The predicted molar refractivity (Wildman–Crippen MR) is 102 cm³/mol. The van der Waals surface area contributed by atoms with Crippen LogP contribution in [0.5, 0.6) is 0 Å². The number of carbonyl (C=O) groups excluding carboxylic acids is 3. The molecule has 0 spiro atoms. The van der Waals surface area contributed by atoms with Crippen LogP contribution in [-0.2, 0) is 46.0 Å². The summed E-state index contributed by atoms with van der Waals surface area (Å²) >= 11 is 0. The van der Waals surface area contributed by atoms with Gasteiger partial charge in [0.15, 0.2) is 0 Å². The number of hydrogen-bond acceptors (Lipinski definition) is 15. The standard InChI is InChI=1S/C5H11O5P.2C4H9O5P.2Li/c1-3-8-5(6)10-11(7)9-4-2;2*1-3-9-10(6,7)4(5)8-2;;/h11H,3-4H2,1-2H3;2*3H2,1-2H3,(H,6,7);;/q;;;2*+1/p-2. The molecule has 0 aliphatic rings. The maximum absolute atomic E-state index is 10.6. The Morgan fingerprint density at radius 1 is 0.758 bits per heavy atom. The number of carbonyl (C=O) groups is 3. The molecule has 0 aromatic heterocycles. The molecular formula is C13H27Li2O15P3. The second-order valence-electron chi connectivity index (χ2n) is 4.24. The summed E-state index contributed by atoms with van der Waals surface area (Å²) in [5.41, 5.74) is -2.68. The Morgan fingerprint density at radius 3 is 1.36 bits per heavy atom. The molecule has 0 aromatic carbocycles. The first-order valence-electron chi connectivity index (χ1n) is 8.38. The van der Waals surface area contributed by atoms with E-state index in [1.165, 1.54) is 13.8 Å². The zero-order chi connectivity index (χ0) is 25.1. The van der Waals surface area contributed by atoms with Crippen molar-refractivity contribution >= 4 is 41.0 Å². The summed E-state index contributed by atoms with van der Waals surface area (Å²) in [6, 6.07) is 0. The van der Waals surface area contributed by atoms with Crippen LogP contribution in [0.25, 0.3) is 0 Å². The Morgan fingerprint density at radius 2 is 1.12 bits per heavy atom. The van der Waals surface area contributed by atoms with Crippen LogP contribution in [0.3, 0.4) is 0 Å². The molecule has 0 N–H and O–H groups in total. The van der Waals surface area contributed by atoms with Gasteiger partial charge in [-0.3, -0.25) is 9.13 Å². The second-order valence-corrected chi connectivity index (χ2v) is 8.47. The van der Waals surface area contributed by atoms with Crippen molar-refractivity contribution in [3.63, 3.8) is 0 Å². The number of rotatable bonds is 10. The van der Waals surface area contributed by atoms with Gasteiger partial charge in [-0.1, -0.05) is 0 Å². The van der Waals surface area contributed by atoms with E-state index in [0.29, 0.717) is 0 Å². The van der Waals surface area contributed by atoms with Crippen molar-refractivity contribution in [3.05, 3.63) is 0 Å². The Hall–Kier alpha value is -0.105. The van der Waals surface area contributed by atoms with Crippen LogP contribution >= 0.6 is 23.4 Å². The van der Waals surface area contributed by atoms with Crippen molar-refractivity contribution in [3.8, 4) is 0 Å². The van der Waals surface area contributed by atoms with Crippen molar-refractivity contribution in [2.45, 2.75) is 27.7 Å². The maximum atomic E-state index is 10.6. The number of ether oxygens (including phenoxy) is 3. The van der Waals surface area contributed by atoms with E-state index in [1.54, 1.807) is 13.8 Å². The fourth-order valence-electron chi connectivity index (χ4n) is 1.03. The van der Waals surface area contributed by atoms with Crippen LogP contribution < -0.4 is 47.5 Å². The van der Waals surface area contributed by atoms with E-state index in [4.69, 9.17) is 0 Å². The Kier molecular flexibility index (Phi) is 32.6. The Bertz CT molecular complexity index is 607. The summed E-state index contributed by atoms with van der Waals surface area (Å²) in [4.78, 5) is 52.0. The minimum absolute atomic E-state index is 0. The van der Waals surface area contributed by atoms with Crippen LogP contribution in [0.4, 0.5) is 14.4 Å². The first-order valence-corrected chi connectivity index (χ1v) is 12.7. The molecule has 15 nitrogen and oxygen atoms in total. The Labute approximate surface area is 216 Å². The number of hydrogen-bond donors (Lipinski definition) is 0. The quantitative estimate of drug-likeness (QED) is 0.115. The molecule has 0 saturated heterocycles. The molecule has 0 rings (SSSR count). The van der Waals surface area contributed by atoms with Gasteiger partial charge >= 0.3 is 63.6 Å². The maximum Gasteiger partial charge on any atom is 1.00 e. The van der Waals surface area contributed by atoms with E-state index in [2.05, 4.69) is 32.3 Å². The largest absolute Gasteiger partial charge is 1.00 e. The first-order chi connectivity index (χ1) is 14.3. The molecule has 186 valence electrons. The van der Waals surface area contributed by atoms with E-state index in [0.717, 1.165) is 14.2 Å². The average Bonchev–Trinajstić information content (AvgIpc) is 2.67. The number of methoxy groups -OCH3 is 2. The van der Waals surface area contributed by atoms with E-state index < -0.39 is 41.0 Å². The van der Waals surface area contributed by atoms with Crippen LogP contribution in [0.2, 0.25) is 0 Å². The molecule has 0 amide bonds. The van der Waals surface area contributed by atoms with Gasteiger partial charge in [-0.15, -0.1) is 0 Å².